The molecule has 1 N–H and O–H groups in total. The topological polar surface area (TPSA) is 20.2 Å². The Morgan fingerprint density at radius 2 is 1.91 bits per heavy atom. The van der Waals surface area contributed by atoms with Gasteiger partial charge in [0, 0.05) is 0 Å². The maximum atomic E-state index is 9.48. The van der Waals surface area contributed by atoms with Gasteiger partial charge in [0.15, 0.2) is 0 Å². The Labute approximate surface area is 69.8 Å². The Morgan fingerprint density at radius 1 is 1.27 bits per heavy atom. The summed E-state index contributed by atoms with van der Waals surface area (Å²) in [5.74, 6) is 2.18. The van der Waals surface area contributed by atoms with E-state index in [0.29, 0.717) is 5.92 Å². The molecule has 0 heterocycles. The van der Waals surface area contributed by atoms with Gasteiger partial charge in [-0.15, -0.1) is 0 Å². The molecule has 1 nitrogen and oxygen atoms in total. The highest BCUT2D eigenvalue weighted by molar-refractivity contribution is 4.78. The molecule has 0 spiro atoms. The smallest absolute Gasteiger partial charge is 0.0566 e. The van der Waals surface area contributed by atoms with Crippen molar-refractivity contribution in [1.29, 1.82) is 0 Å². The molecular formula is C10H20O. The predicted molar refractivity (Wildman–Crippen MR) is 47.3 cm³/mol. The third-order valence-electron chi connectivity index (χ3n) is 3.11. The summed E-state index contributed by atoms with van der Waals surface area (Å²) in [4.78, 5) is 0. The van der Waals surface area contributed by atoms with E-state index in [1.54, 1.807) is 0 Å². The van der Waals surface area contributed by atoms with Crippen molar-refractivity contribution in [2.24, 2.45) is 17.8 Å². The maximum absolute atomic E-state index is 9.48. The normalized spacial score (nSPS) is 39.5. The second kappa shape index (κ2) is 3.57. The summed E-state index contributed by atoms with van der Waals surface area (Å²) in [5, 5.41) is 9.48. The molecule has 3 atom stereocenters. The molecule has 1 rings (SSSR count). The summed E-state index contributed by atoms with van der Waals surface area (Å²) < 4.78 is 0. The molecule has 11 heavy (non-hydrogen) atoms. The van der Waals surface area contributed by atoms with Crippen molar-refractivity contribution in [2.45, 2.75) is 46.1 Å². The molecule has 0 unspecified atom stereocenters. The van der Waals surface area contributed by atoms with Gasteiger partial charge in [0.05, 0.1) is 6.10 Å². The van der Waals surface area contributed by atoms with E-state index < -0.39 is 0 Å². The highest BCUT2D eigenvalue weighted by atomic mass is 16.3. The summed E-state index contributed by atoms with van der Waals surface area (Å²) in [6, 6.07) is 0. The number of hydrogen-bond donors (Lipinski definition) is 1. The number of aliphatic hydroxyl groups is 1. The van der Waals surface area contributed by atoms with Crippen LogP contribution < -0.4 is 0 Å². The van der Waals surface area contributed by atoms with E-state index in [0.717, 1.165) is 18.3 Å². The van der Waals surface area contributed by atoms with Crippen molar-refractivity contribution < 1.29 is 5.11 Å². The standard InChI is InChI=1S/C10H20O/c1-7(2)9-4-5-10(11)8(3)6-9/h7-11H,4-6H2,1-3H3/t8-,9+,10+/m1/s1. The van der Waals surface area contributed by atoms with E-state index in [-0.39, 0.29) is 6.10 Å². The van der Waals surface area contributed by atoms with E-state index in [2.05, 4.69) is 20.8 Å². The fourth-order valence-corrected chi connectivity index (χ4v) is 2.03. The van der Waals surface area contributed by atoms with Gasteiger partial charge in [-0.3, -0.25) is 0 Å². The Morgan fingerprint density at radius 3 is 2.36 bits per heavy atom. The second-order valence-electron chi connectivity index (χ2n) is 4.36. The van der Waals surface area contributed by atoms with Crippen LogP contribution in [0.4, 0.5) is 0 Å². The van der Waals surface area contributed by atoms with Crippen LogP contribution in [-0.4, -0.2) is 11.2 Å². The van der Waals surface area contributed by atoms with E-state index >= 15 is 0 Å². The predicted octanol–water partition coefficient (Wildman–Crippen LogP) is 2.44. The summed E-state index contributed by atoms with van der Waals surface area (Å²) >= 11 is 0. The second-order valence-corrected chi connectivity index (χ2v) is 4.36. The molecule has 66 valence electrons. The zero-order valence-corrected chi connectivity index (χ0v) is 7.88. The molecule has 0 aromatic carbocycles. The van der Waals surface area contributed by atoms with Crippen LogP contribution in [0.2, 0.25) is 0 Å². The average molecular weight is 156 g/mol. The third kappa shape index (κ3) is 2.19. The van der Waals surface area contributed by atoms with E-state index in [4.69, 9.17) is 0 Å². The molecule has 1 aliphatic carbocycles. The van der Waals surface area contributed by atoms with Gasteiger partial charge < -0.3 is 5.11 Å². The third-order valence-corrected chi connectivity index (χ3v) is 3.11. The Hall–Kier alpha value is -0.0400. The van der Waals surface area contributed by atoms with Crippen LogP contribution >= 0.6 is 0 Å². The largest absolute Gasteiger partial charge is 0.393 e. The Balaban J connectivity index is 2.40. The highest BCUT2D eigenvalue weighted by Crippen LogP contribution is 2.33. The molecular weight excluding hydrogens is 136 g/mol. The molecule has 0 radical (unpaired) electrons. The van der Waals surface area contributed by atoms with Crippen LogP contribution in [0, 0.1) is 17.8 Å². The molecule has 1 fully saturated rings. The summed E-state index contributed by atoms with van der Waals surface area (Å²) in [6.45, 7) is 6.74. The summed E-state index contributed by atoms with van der Waals surface area (Å²) in [5.41, 5.74) is 0. The lowest BCUT2D eigenvalue weighted by Crippen LogP contribution is -2.29. The van der Waals surface area contributed by atoms with Gasteiger partial charge in [-0.05, 0) is 37.0 Å². The van der Waals surface area contributed by atoms with Crippen LogP contribution in [0.5, 0.6) is 0 Å². The molecule has 1 aliphatic rings. The van der Waals surface area contributed by atoms with Crippen molar-refractivity contribution in [3.05, 3.63) is 0 Å². The Kier molecular flexibility index (Phi) is 2.94. The lowest BCUT2D eigenvalue weighted by atomic mass is 9.75. The lowest BCUT2D eigenvalue weighted by molar-refractivity contribution is 0.0465. The Bertz CT molecular complexity index is 120. The molecule has 0 amide bonds. The van der Waals surface area contributed by atoms with Gasteiger partial charge >= 0.3 is 0 Å². The van der Waals surface area contributed by atoms with Gasteiger partial charge in [-0.1, -0.05) is 20.8 Å². The van der Waals surface area contributed by atoms with E-state index in [9.17, 15) is 5.11 Å². The quantitative estimate of drug-likeness (QED) is 0.618. The van der Waals surface area contributed by atoms with Gasteiger partial charge in [0.25, 0.3) is 0 Å². The molecule has 1 saturated carbocycles. The molecule has 0 saturated heterocycles. The fourth-order valence-electron chi connectivity index (χ4n) is 2.03. The molecule has 1 heteroatoms. The minimum Gasteiger partial charge on any atom is -0.393 e. The first kappa shape index (κ1) is 9.05. The molecule has 0 bridgehead atoms. The van der Waals surface area contributed by atoms with Crippen molar-refractivity contribution in [3.63, 3.8) is 0 Å². The number of rotatable bonds is 1. The number of aliphatic hydroxyl groups excluding tert-OH is 1. The van der Waals surface area contributed by atoms with Crippen molar-refractivity contribution >= 4 is 0 Å². The van der Waals surface area contributed by atoms with Gasteiger partial charge in [0.2, 0.25) is 0 Å². The van der Waals surface area contributed by atoms with E-state index in [1.807, 2.05) is 0 Å². The van der Waals surface area contributed by atoms with Crippen molar-refractivity contribution in [2.75, 3.05) is 0 Å². The monoisotopic (exact) mass is 156 g/mol. The lowest BCUT2D eigenvalue weighted by Gasteiger charge is -2.33. The van der Waals surface area contributed by atoms with Crippen LogP contribution in [0.25, 0.3) is 0 Å². The zero-order chi connectivity index (χ0) is 8.43. The van der Waals surface area contributed by atoms with E-state index in [1.165, 1.54) is 12.8 Å². The van der Waals surface area contributed by atoms with Crippen LogP contribution in [0.3, 0.4) is 0 Å². The SMILES string of the molecule is CC(C)[C@H]1CC[C@H](O)[C@H](C)C1. The summed E-state index contributed by atoms with van der Waals surface area (Å²) in [7, 11) is 0. The van der Waals surface area contributed by atoms with Crippen LogP contribution in [-0.2, 0) is 0 Å². The highest BCUT2D eigenvalue weighted by Gasteiger charge is 2.27. The van der Waals surface area contributed by atoms with Crippen LogP contribution in [0.1, 0.15) is 40.0 Å². The zero-order valence-electron chi connectivity index (χ0n) is 7.88. The first-order valence-electron chi connectivity index (χ1n) is 4.79. The van der Waals surface area contributed by atoms with Crippen molar-refractivity contribution in [1.82, 2.24) is 0 Å². The minimum atomic E-state index is -0.0231. The van der Waals surface area contributed by atoms with Gasteiger partial charge in [-0.25, -0.2) is 0 Å². The minimum absolute atomic E-state index is 0.0231. The first-order valence-corrected chi connectivity index (χ1v) is 4.79. The summed E-state index contributed by atoms with van der Waals surface area (Å²) in [6.07, 6.45) is 3.44. The van der Waals surface area contributed by atoms with Gasteiger partial charge in [-0.2, -0.15) is 0 Å². The van der Waals surface area contributed by atoms with Crippen LogP contribution in [0.15, 0.2) is 0 Å². The molecule has 0 aromatic rings. The molecule has 0 aromatic heterocycles. The first-order chi connectivity index (χ1) is 5.11. The molecule has 0 aliphatic heterocycles. The number of hydrogen-bond acceptors (Lipinski definition) is 1. The van der Waals surface area contributed by atoms with Crippen molar-refractivity contribution in [3.8, 4) is 0 Å². The average Bonchev–Trinajstić information content (AvgIpc) is 1.94. The van der Waals surface area contributed by atoms with Gasteiger partial charge in [0.1, 0.15) is 0 Å². The maximum Gasteiger partial charge on any atom is 0.0566 e. The fraction of sp³-hybridized carbons (Fsp3) is 1.00.